The molecule has 36 heavy (non-hydrogen) atoms. The first-order valence-electron chi connectivity index (χ1n) is 12.4. The van der Waals surface area contributed by atoms with Crippen LogP contribution in [0.15, 0.2) is 115 Å². The summed E-state index contributed by atoms with van der Waals surface area (Å²) in [5.74, 6) is 0. The molecular formula is C34H19NS. The molecule has 166 valence electrons. The summed E-state index contributed by atoms with van der Waals surface area (Å²) in [6.45, 7) is 0. The molecule has 0 bridgehead atoms. The maximum absolute atomic E-state index is 2.44. The molecule has 0 radical (unpaired) electrons. The summed E-state index contributed by atoms with van der Waals surface area (Å²) in [6.07, 6.45) is 0. The van der Waals surface area contributed by atoms with Crippen LogP contribution in [0.5, 0.6) is 0 Å². The molecule has 3 heterocycles. The number of nitrogens with zero attached hydrogens (tertiary/aromatic N) is 1. The number of fused-ring (bicyclic) bond motifs is 11. The van der Waals surface area contributed by atoms with Gasteiger partial charge in [-0.2, -0.15) is 0 Å². The van der Waals surface area contributed by atoms with E-state index in [1.54, 1.807) is 0 Å². The van der Waals surface area contributed by atoms with Gasteiger partial charge in [-0.15, -0.1) is 11.3 Å². The molecule has 0 aliphatic carbocycles. The number of hydrogen-bond acceptors (Lipinski definition) is 1. The quantitative estimate of drug-likeness (QED) is 0.223. The molecule has 0 amide bonds. The van der Waals surface area contributed by atoms with Gasteiger partial charge in [-0.05, 0) is 58.3 Å². The van der Waals surface area contributed by atoms with Crippen molar-refractivity contribution in [1.82, 2.24) is 4.40 Å². The van der Waals surface area contributed by atoms with E-state index < -0.39 is 0 Å². The highest BCUT2D eigenvalue weighted by molar-refractivity contribution is 7.26. The summed E-state index contributed by atoms with van der Waals surface area (Å²) in [4.78, 5) is 0. The Morgan fingerprint density at radius 2 is 1.08 bits per heavy atom. The maximum Gasteiger partial charge on any atom is 0.0620 e. The zero-order chi connectivity index (χ0) is 23.4. The van der Waals surface area contributed by atoms with E-state index in [0.717, 1.165) is 0 Å². The van der Waals surface area contributed by atoms with Gasteiger partial charge in [-0.1, -0.05) is 78.9 Å². The Morgan fingerprint density at radius 3 is 1.83 bits per heavy atom. The number of rotatable bonds is 1. The van der Waals surface area contributed by atoms with Crippen molar-refractivity contribution < 1.29 is 0 Å². The fourth-order valence-corrected chi connectivity index (χ4v) is 7.55. The fourth-order valence-electron chi connectivity index (χ4n) is 6.31. The molecule has 0 aliphatic heterocycles. The maximum atomic E-state index is 2.44. The van der Waals surface area contributed by atoms with E-state index in [1.165, 1.54) is 80.2 Å². The number of para-hydroxylation sites is 2. The summed E-state index contributed by atoms with van der Waals surface area (Å²) in [6, 6.07) is 42.7. The van der Waals surface area contributed by atoms with E-state index in [-0.39, 0.29) is 0 Å². The van der Waals surface area contributed by atoms with Crippen LogP contribution < -0.4 is 0 Å². The van der Waals surface area contributed by atoms with Crippen LogP contribution in [-0.4, -0.2) is 4.40 Å². The second-order valence-corrected chi connectivity index (χ2v) is 10.8. The molecule has 2 heteroatoms. The monoisotopic (exact) mass is 473 g/mol. The van der Waals surface area contributed by atoms with Crippen molar-refractivity contribution in [3.8, 4) is 11.1 Å². The van der Waals surface area contributed by atoms with Crippen LogP contribution in [0.2, 0.25) is 0 Å². The minimum atomic E-state index is 1.27. The van der Waals surface area contributed by atoms with Crippen LogP contribution in [-0.2, 0) is 0 Å². The third-order valence-corrected chi connectivity index (χ3v) is 9.12. The molecule has 0 fully saturated rings. The van der Waals surface area contributed by atoms with Gasteiger partial charge in [-0.25, -0.2) is 0 Å². The van der Waals surface area contributed by atoms with Gasteiger partial charge in [0, 0.05) is 41.7 Å². The molecule has 0 atom stereocenters. The second-order valence-electron chi connectivity index (χ2n) is 9.77. The van der Waals surface area contributed by atoms with Gasteiger partial charge in [0.1, 0.15) is 0 Å². The van der Waals surface area contributed by atoms with Crippen LogP contribution in [0.4, 0.5) is 0 Å². The van der Waals surface area contributed by atoms with Gasteiger partial charge in [-0.3, -0.25) is 0 Å². The van der Waals surface area contributed by atoms with Crippen molar-refractivity contribution in [2.75, 3.05) is 0 Å². The van der Waals surface area contributed by atoms with E-state index in [2.05, 4.69) is 120 Å². The Bertz CT molecular complexity index is 2230. The standard InChI is InChI=1S/C34H19NS/c1-4-10-30-24(7-1)28-18-22(19-29-25-8-2-5-11-31(25)35(30)33(28)29)20-13-15-23-21(17-20)14-16-27-26-9-3-6-12-32(26)36-34(23)27/h1-19H. The minimum absolute atomic E-state index is 1.27. The molecule has 6 aromatic carbocycles. The number of thiophene rings is 1. The zero-order valence-corrected chi connectivity index (χ0v) is 20.1. The number of benzene rings is 6. The third kappa shape index (κ3) is 2.30. The molecule has 3 aromatic heterocycles. The van der Waals surface area contributed by atoms with Crippen LogP contribution in [0, 0.1) is 0 Å². The van der Waals surface area contributed by atoms with E-state index in [4.69, 9.17) is 0 Å². The van der Waals surface area contributed by atoms with Gasteiger partial charge < -0.3 is 4.40 Å². The van der Waals surface area contributed by atoms with Crippen molar-refractivity contribution in [2.24, 2.45) is 0 Å². The molecule has 0 aliphatic rings. The fraction of sp³-hybridized carbons (Fsp3) is 0. The summed E-state index contributed by atoms with van der Waals surface area (Å²) < 4.78 is 5.18. The topological polar surface area (TPSA) is 4.41 Å². The van der Waals surface area contributed by atoms with E-state index >= 15 is 0 Å². The Hall–Kier alpha value is -4.40. The molecule has 0 spiro atoms. The van der Waals surface area contributed by atoms with Gasteiger partial charge in [0.15, 0.2) is 0 Å². The van der Waals surface area contributed by atoms with Crippen molar-refractivity contribution >= 4 is 80.4 Å². The average Bonchev–Trinajstić information content (AvgIpc) is 3.59. The lowest BCUT2D eigenvalue weighted by atomic mass is 9.97. The predicted molar refractivity (Wildman–Crippen MR) is 157 cm³/mol. The molecule has 0 unspecified atom stereocenters. The summed E-state index contributed by atoms with van der Waals surface area (Å²) in [5, 5.41) is 10.6. The van der Waals surface area contributed by atoms with Gasteiger partial charge in [0.25, 0.3) is 0 Å². The van der Waals surface area contributed by atoms with Crippen LogP contribution in [0.3, 0.4) is 0 Å². The molecule has 9 rings (SSSR count). The van der Waals surface area contributed by atoms with Gasteiger partial charge in [0.05, 0.1) is 16.6 Å². The number of hydrogen-bond donors (Lipinski definition) is 0. The summed E-state index contributed by atoms with van der Waals surface area (Å²) in [7, 11) is 0. The van der Waals surface area contributed by atoms with E-state index in [9.17, 15) is 0 Å². The van der Waals surface area contributed by atoms with Crippen molar-refractivity contribution in [3.05, 3.63) is 115 Å². The first kappa shape index (κ1) is 18.9. The Balaban J connectivity index is 1.36. The molecule has 0 saturated carbocycles. The smallest absolute Gasteiger partial charge is 0.0620 e. The first-order chi connectivity index (χ1) is 17.8. The lowest BCUT2D eigenvalue weighted by Gasteiger charge is -2.07. The second kappa shape index (κ2) is 6.63. The highest BCUT2D eigenvalue weighted by Crippen LogP contribution is 2.43. The van der Waals surface area contributed by atoms with Gasteiger partial charge >= 0.3 is 0 Å². The molecule has 0 N–H and O–H groups in total. The van der Waals surface area contributed by atoms with Crippen molar-refractivity contribution in [3.63, 3.8) is 0 Å². The Labute approximate surface area is 210 Å². The first-order valence-corrected chi connectivity index (χ1v) is 13.2. The highest BCUT2D eigenvalue weighted by atomic mass is 32.1. The van der Waals surface area contributed by atoms with Crippen LogP contribution >= 0.6 is 11.3 Å². The Morgan fingerprint density at radius 1 is 0.444 bits per heavy atom. The SMILES string of the molecule is c1ccc2c(c1)sc1c3ccc(-c4cc5c6ccccc6n6c7ccccc7c(c4)c56)cc3ccc21. The van der Waals surface area contributed by atoms with Crippen LogP contribution in [0.1, 0.15) is 0 Å². The Kier molecular flexibility index (Phi) is 3.47. The van der Waals surface area contributed by atoms with Crippen molar-refractivity contribution in [1.29, 1.82) is 0 Å². The lowest BCUT2D eigenvalue weighted by molar-refractivity contribution is 1.37. The molecule has 0 saturated heterocycles. The van der Waals surface area contributed by atoms with Crippen molar-refractivity contribution in [2.45, 2.75) is 0 Å². The largest absolute Gasteiger partial charge is 0.308 e. The van der Waals surface area contributed by atoms with Gasteiger partial charge in [0.2, 0.25) is 0 Å². The normalized spacial score (nSPS) is 12.4. The summed E-state index contributed by atoms with van der Waals surface area (Å²) >= 11 is 1.90. The average molecular weight is 474 g/mol. The third-order valence-electron chi connectivity index (χ3n) is 7.90. The molecular weight excluding hydrogens is 454 g/mol. The highest BCUT2D eigenvalue weighted by Gasteiger charge is 2.18. The predicted octanol–water partition coefficient (Wildman–Crippen LogP) is 10.0. The molecule has 1 nitrogen and oxygen atoms in total. The lowest BCUT2D eigenvalue weighted by Crippen LogP contribution is -1.81. The number of aromatic nitrogens is 1. The zero-order valence-electron chi connectivity index (χ0n) is 19.3. The van der Waals surface area contributed by atoms with E-state index in [1.807, 2.05) is 11.3 Å². The minimum Gasteiger partial charge on any atom is -0.308 e. The molecule has 9 aromatic rings. The van der Waals surface area contributed by atoms with E-state index in [0.29, 0.717) is 0 Å². The summed E-state index contributed by atoms with van der Waals surface area (Å²) in [5.41, 5.74) is 6.43. The van der Waals surface area contributed by atoms with Crippen LogP contribution in [0.25, 0.3) is 80.2 Å².